The molecule has 0 radical (unpaired) electrons. The average molecular weight is 244 g/mol. The van der Waals surface area contributed by atoms with Gasteiger partial charge in [0, 0.05) is 7.05 Å². The molecule has 1 rings (SSSR count). The summed E-state index contributed by atoms with van der Waals surface area (Å²) in [6.07, 6.45) is 0. The molecule has 88 valence electrons. The van der Waals surface area contributed by atoms with Gasteiger partial charge < -0.3 is 10.1 Å². The highest BCUT2D eigenvalue weighted by molar-refractivity contribution is 7.89. The van der Waals surface area contributed by atoms with Gasteiger partial charge in [-0.2, -0.15) is 0 Å². The molecular weight excluding hydrogens is 232 g/mol. The van der Waals surface area contributed by atoms with E-state index in [1.165, 1.54) is 25.2 Å². The molecule has 7 heteroatoms. The van der Waals surface area contributed by atoms with Gasteiger partial charge in [0.1, 0.15) is 10.6 Å². The molecule has 0 aliphatic rings. The normalized spacial score (nSPS) is 10.9. The number of nitrogens with one attached hydrogen (secondary N) is 1. The van der Waals surface area contributed by atoms with E-state index in [0.29, 0.717) is 0 Å². The van der Waals surface area contributed by atoms with Gasteiger partial charge in [-0.25, -0.2) is 13.6 Å². The summed E-state index contributed by atoms with van der Waals surface area (Å²) in [5.74, 6) is -0.294. The zero-order valence-electron chi connectivity index (χ0n) is 8.64. The Hall–Kier alpha value is -1.60. The Morgan fingerprint density at radius 1 is 1.44 bits per heavy atom. The Bertz CT molecular complexity index is 484. The summed E-state index contributed by atoms with van der Waals surface area (Å²) in [7, 11) is -2.39. The van der Waals surface area contributed by atoms with Gasteiger partial charge in [0.25, 0.3) is 5.91 Å². The van der Waals surface area contributed by atoms with Crippen LogP contribution >= 0.6 is 0 Å². The van der Waals surface area contributed by atoms with E-state index in [1.54, 1.807) is 6.07 Å². The van der Waals surface area contributed by atoms with E-state index >= 15 is 0 Å². The average Bonchev–Trinajstić information content (AvgIpc) is 2.25. The molecule has 0 aromatic heterocycles. The predicted octanol–water partition coefficient (Wildman–Crippen LogP) is -0.541. The number of ether oxygens (including phenoxy) is 1. The molecule has 0 unspecified atom stereocenters. The number of rotatable bonds is 4. The highest BCUT2D eigenvalue weighted by atomic mass is 32.2. The Balaban J connectivity index is 2.93. The molecule has 0 aliphatic heterocycles. The van der Waals surface area contributed by atoms with Crippen LogP contribution in [0.1, 0.15) is 0 Å². The minimum absolute atomic E-state index is 0.0635. The molecule has 16 heavy (non-hydrogen) atoms. The highest BCUT2D eigenvalue weighted by Gasteiger charge is 2.14. The minimum Gasteiger partial charge on any atom is -0.482 e. The smallest absolute Gasteiger partial charge is 0.257 e. The lowest BCUT2D eigenvalue weighted by molar-refractivity contribution is -0.122. The molecule has 1 aromatic carbocycles. The molecule has 0 bridgehead atoms. The second-order valence-corrected chi connectivity index (χ2v) is 4.48. The SMILES string of the molecule is CNC(=O)COc1ccccc1S(N)(=O)=O. The second-order valence-electron chi connectivity index (χ2n) is 2.95. The fourth-order valence-electron chi connectivity index (χ4n) is 1.02. The van der Waals surface area contributed by atoms with Crippen molar-refractivity contribution >= 4 is 15.9 Å². The third-order valence-corrected chi connectivity index (χ3v) is 2.74. The van der Waals surface area contributed by atoms with Crippen molar-refractivity contribution in [3.63, 3.8) is 0 Å². The minimum atomic E-state index is -3.84. The molecule has 6 nitrogen and oxygen atoms in total. The van der Waals surface area contributed by atoms with Gasteiger partial charge in [-0.15, -0.1) is 0 Å². The first kappa shape index (κ1) is 12.5. The van der Waals surface area contributed by atoms with E-state index in [9.17, 15) is 13.2 Å². The van der Waals surface area contributed by atoms with Crippen molar-refractivity contribution in [3.05, 3.63) is 24.3 Å². The van der Waals surface area contributed by atoms with E-state index in [0.717, 1.165) is 0 Å². The molecule has 0 saturated heterocycles. The number of benzene rings is 1. The number of hydrogen-bond acceptors (Lipinski definition) is 4. The maximum absolute atomic E-state index is 11.2. The van der Waals surface area contributed by atoms with Crippen LogP contribution in [0.2, 0.25) is 0 Å². The van der Waals surface area contributed by atoms with Crippen molar-refractivity contribution < 1.29 is 17.9 Å². The number of para-hydroxylation sites is 1. The Morgan fingerprint density at radius 3 is 2.62 bits per heavy atom. The van der Waals surface area contributed by atoms with Crippen LogP contribution in [0, 0.1) is 0 Å². The van der Waals surface area contributed by atoms with E-state index in [2.05, 4.69) is 5.32 Å². The topological polar surface area (TPSA) is 98.5 Å². The van der Waals surface area contributed by atoms with Gasteiger partial charge in [0.05, 0.1) is 0 Å². The zero-order chi connectivity index (χ0) is 12.2. The summed E-state index contributed by atoms with van der Waals surface area (Å²) >= 11 is 0. The Labute approximate surface area is 93.5 Å². The maximum atomic E-state index is 11.2. The summed E-state index contributed by atoms with van der Waals surface area (Å²) < 4.78 is 27.4. The van der Waals surface area contributed by atoms with Crippen molar-refractivity contribution in [1.82, 2.24) is 5.32 Å². The maximum Gasteiger partial charge on any atom is 0.257 e. The third-order valence-electron chi connectivity index (χ3n) is 1.79. The zero-order valence-corrected chi connectivity index (χ0v) is 9.45. The summed E-state index contributed by atoms with van der Waals surface area (Å²) in [5, 5.41) is 7.34. The van der Waals surface area contributed by atoms with Crippen LogP contribution < -0.4 is 15.2 Å². The van der Waals surface area contributed by atoms with E-state index < -0.39 is 10.0 Å². The lowest BCUT2D eigenvalue weighted by Crippen LogP contribution is -2.25. The first-order valence-corrected chi connectivity index (χ1v) is 5.95. The third kappa shape index (κ3) is 3.21. The first-order chi connectivity index (χ1) is 7.45. The molecule has 0 saturated carbocycles. The van der Waals surface area contributed by atoms with E-state index in [1.807, 2.05) is 0 Å². The summed E-state index contributed by atoms with van der Waals surface area (Å²) in [4.78, 5) is 10.8. The van der Waals surface area contributed by atoms with Crippen LogP contribution in [-0.4, -0.2) is 28.0 Å². The number of amides is 1. The van der Waals surface area contributed by atoms with Gasteiger partial charge in [-0.3, -0.25) is 4.79 Å². The Morgan fingerprint density at radius 2 is 2.06 bits per heavy atom. The fraction of sp³-hybridized carbons (Fsp3) is 0.222. The molecular formula is C9H12N2O4S. The summed E-state index contributed by atoms with van der Waals surface area (Å²) in [5.41, 5.74) is 0. The highest BCUT2D eigenvalue weighted by Crippen LogP contribution is 2.21. The lowest BCUT2D eigenvalue weighted by atomic mass is 10.3. The van der Waals surface area contributed by atoms with Gasteiger partial charge in [0.2, 0.25) is 10.0 Å². The van der Waals surface area contributed by atoms with Gasteiger partial charge >= 0.3 is 0 Å². The quantitative estimate of drug-likeness (QED) is 0.743. The number of hydrogen-bond donors (Lipinski definition) is 2. The van der Waals surface area contributed by atoms with E-state index in [4.69, 9.17) is 9.88 Å². The predicted molar refractivity (Wildman–Crippen MR) is 57.4 cm³/mol. The number of carbonyl (C=O) groups is 1. The van der Waals surface area contributed by atoms with Gasteiger partial charge in [-0.1, -0.05) is 12.1 Å². The molecule has 1 aromatic rings. The van der Waals surface area contributed by atoms with Crippen LogP contribution in [0.25, 0.3) is 0 Å². The second kappa shape index (κ2) is 4.95. The van der Waals surface area contributed by atoms with E-state index in [-0.39, 0.29) is 23.2 Å². The molecule has 0 heterocycles. The Kier molecular flexibility index (Phi) is 3.86. The molecule has 3 N–H and O–H groups in total. The van der Waals surface area contributed by atoms with Crippen LogP contribution in [-0.2, 0) is 14.8 Å². The molecule has 1 amide bonds. The lowest BCUT2D eigenvalue weighted by Gasteiger charge is -2.08. The van der Waals surface area contributed by atoms with Gasteiger partial charge in [0.15, 0.2) is 6.61 Å². The van der Waals surface area contributed by atoms with Crippen molar-refractivity contribution in [3.8, 4) is 5.75 Å². The van der Waals surface area contributed by atoms with Crippen LogP contribution in [0.5, 0.6) is 5.75 Å². The van der Waals surface area contributed by atoms with Gasteiger partial charge in [-0.05, 0) is 12.1 Å². The fourth-order valence-corrected chi connectivity index (χ4v) is 1.70. The number of primary sulfonamides is 1. The van der Waals surface area contributed by atoms with Crippen LogP contribution in [0.3, 0.4) is 0 Å². The van der Waals surface area contributed by atoms with Crippen molar-refractivity contribution in [2.75, 3.05) is 13.7 Å². The summed E-state index contributed by atoms with van der Waals surface area (Å²) in [6.45, 7) is -0.261. The number of sulfonamides is 1. The monoisotopic (exact) mass is 244 g/mol. The van der Waals surface area contributed by atoms with Crippen molar-refractivity contribution in [2.45, 2.75) is 4.90 Å². The number of likely N-dealkylation sites (N-methyl/N-ethyl adjacent to an activating group) is 1. The first-order valence-electron chi connectivity index (χ1n) is 4.40. The van der Waals surface area contributed by atoms with Crippen molar-refractivity contribution in [2.24, 2.45) is 5.14 Å². The summed E-state index contributed by atoms with van der Waals surface area (Å²) in [6, 6.07) is 5.86. The van der Waals surface area contributed by atoms with Crippen molar-refractivity contribution in [1.29, 1.82) is 0 Å². The molecule has 0 atom stereocenters. The molecule has 0 spiro atoms. The standard InChI is InChI=1S/C9H12N2O4S/c1-11-9(12)6-15-7-4-2-3-5-8(7)16(10,13)14/h2-5H,6H2,1H3,(H,11,12)(H2,10,13,14). The number of nitrogens with two attached hydrogens (primary N) is 1. The van der Waals surface area contributed by atoms with Crippen LogP contribution in [0.15, 0.2) is 29.2 Å². The number of carbonyl (C=O) groups excluding carboxylic acids is 1. The molecule has 0 aliphatic carbocycles. The van der Waals surface area contributed by atoms with Crippen LogP contribution in [0.4, 0.5) is 0 Å². The molecule has 0 fully saturated rings. The largest absolute Gasteiger partial charge is 0.482 e.